The van der Waals surface area contributed by atoms with Crippen LogP contribution in [0.25, 0.3) is 0 Å². The Kier molecular flexibility index (Phi) is 5.49. The summed E-state index contributed by atoms with van der Waals surface area (Å²) in [4.78, 5) is 0. The van der Waals surface area contributed by atoms with Gasteiger partial charge in [-0.2, -0.15) is 0 Å². The van der Waals surface area contributed by atoms with E-state index in [0.29, 0.717) is 0 Å². The highest BCUT2D eigenvalue weighted by atomic mass is 28.4. The van der Waals surface area contributed by atoms with Gasteiger partial charge in [0, 0.05) is 0 Å². The molecule has 0 radical (unpaired) electrons. The van der Waals surface area contributed by atoms with Gasteiger partial charge in [0.2, 0.25) is 8.32 Å². The highest BCUT2D eigenvalue weighted by Gasteiger charge is 2.13. The van der Waals surface area contributed by atoms with Gasteiger partial charge in [-0.15, -0.1) is 0 Å². The molecular formula is C15H24OSi. The molecule has 0 fully saturated rings. The lowest BCUT2D eigenvalue weighted by Crippen LogP contribution is -2.22. The fourth-order valence-electron chi connectivity index (χ4n) is 1.55. The molecule has 2 heteroatoms. The summed E-state index contributed by atoms with van der Waals surface area (Å²) in [6.07, 6.45) is 5.44. The maximum Gasteiger partial charge on any atom is 0.241 e. The molecule has 0 amide bonds. The summed E-state index contributed by atoms with van der Waals surface area (Å²) >= 11 is 0. The van der Waals surface area contributed by atoms with Crippen LogP contribution in [0.1, 0.15) is 25.3 Å². The zero-order valence-corrected chi connectivity index (χ0v) is 12.5. The van der Waals surface area contributed by atoms with Gasteiger partial charge in [-0.1, -0.05) is 30.3 Å². The molecular weight excluding hydrogens is 224 g/mol. The molecule has 1 rings (SSSR count). The molecule has 0 heterocycles. The Labute approximate surface area is 107 Å². The molecule has 0 aromatic heterocycles. The van der Waals surface area contributed by atoms with E-state index in [2.05, 4.69) is 56.9 Å². The largest absolute Gasteiger partial charge is 0.550 e. The van der Waals surface area contributed by atoms with Crippen molar-refractivity contribution in [3.8, 4) is 0 Å². The van der Waals surface area contributed by atoms with Crippen LogP contribution in [0.15, 0.2) is 42.2 Å². The third kappa shape index (κ3) is 7.00. The summed E-state index contributed by atoms with van der Waals surface area (Å²) in [5.74, 6) is 0. The first-order valence-electron chi connectivity index (χ1n) is 6.35. The molecule has 0 unspecified atom stereocenters. The standard InChI is InChI=1S/C15H24OSi/c1-14(13-16-17(2,3)4)9-8-12-15-10-6-5-7-11-15/h5-7,10-11,13H,8-9,12H2,1-4H3/b14-13-. The zero-order valence-electron chi connectivity index (χ0n) is 11.5. The molecule has 0 aliphatic heterocycles. The highest BCUT2D eigenvalue weighted by molar-refractivity contribution is 6.69. The Hall–Kier alpha value is -1.02. The molecule has 0 saturated heterocycles. The Balaban J connectivity index is 2.27. The van der Waals surface area contributed by atoms with Gasteiger partial charge in [-0.05, 0) is 57.0 Å². The second-order valence-electron chi connectivity index (χ2n) is 5.53. The van der Waals surface area contributed by atoms with Crippen LogP contribution in [0.3, 0.4) is 0 Å². The van der Waals surface area contributed by atoms with Gasteiger partial charge in [0.1, 0.15) is 0 Å². The molecule has 0 aliphatic carbocycles. The fourth-order valence-corrected chi connectivity index (χ4v) is 2.11. The lowest BCUT2D eigenvalue weighted by molar-refractivity contribution is 0.470. The van der Waals surface area contributed by atoms with E-state index in [0.717, 1.165) is 12.8 Å². The third-order valence-electron chi connectivity index (χ3n) is 2.49. The fraction of sp³-hybridized carbons (Fsp3) is 0.467. The van der Waals surface area contributed by atoms with Gasteiger partial charge in [-0.3, -0.25) is 0 Å². The molecule has 17 heavy (non-hydrogen) atoms. The van der Waals surface area contributed by atoms with Gasteiger partial charge >= 0.3 is 0 Å². The monoisotopic (exact) mass is 248 g/mol. The van der Waals surface area contributed by atoms with E-state index in [9.17, 15) is 0 Å². The van der Waals surface area contributed by atoms with Gasteiger partial charge in [0.05, 0.1) is 6.26 Å². The van der Waals surface area contributed by atoms with Crippen molar-refractivity contribution in [1.29, 1.82) is 0 Å². The summed E-state index contributed by atoms with van der Waals surface area (Å²) in [5.41, 5.74) is 2.77. The third-order valence-corrected chi connectivity index (χ3v) is 3.32. The Morgan fingerprint density at radius 3 is 2.41 bits per heavy atom. The number of aryl methyl sites for hydroxylation is 1. The Morgan fingerprint density at radius 2 is 1.82 bits per heavy atom. The SMILES string of the molecule is C/C(=C/O[Si](C)(C)C)CCCc1ccccc1. The maximum atomic E-state index is 5.77. The maximum absolute atomic E-state index is 5.77. The first-order valence-corrected chi connectivity index (χ1v) is 9.75. The van der Waals surface area contributed by atoms with Crippen LogP contribution in [0.5, 0.6) is 0 Å². The lowest BCUT2D eigenvalue weighted by Gasteiger charge is -2.16. The first-order chi connectivity index (χ1) is 7.97. The smallest absolute Gasteiger partial charge is 0.241 e. The zero-order chi connectivity index (χ0) is 12.7. The normalized spacial score (nSPS) is 12.6. The lowest BCUT2D eigenvalue weighted by atomic mass is 10.1. The van der Waals surface area contributed by atoms with Crippen molar-refractivity contribution in [3.05, 3.63) is 47.7 Å². The molecule has 1 aromatic rings. The predicted octanol–water partition coefficient (Wildman–Crippen LogP) is 4.76. The van der Waals surface area contributed by atoms with Crippen molar-refractivity contribution in [2.24, 2.45) is 0 Å². The van der Waals surface area contributed by atoms with Crippen molar-refractivity contribution < 1.29 is 4.43 Å². The van der Waals surface area contributed by atoms with Gasteiger partial charge in [0.25, 0.3) is 0 Å². The van der Waals surface area contributed by atoms with Crippen molar-refractivity contribution in [2.45, 2.75) is 45.8 Å². The quantitative estimate of drug-likeness (QED) is 0.521. The van der Waals surface area contributed by atoms with Crippen molar-refractivity contribution in [2.75, 3.05) is 0 Å². The average molecular weight is 248 g/mol. The number of rotatable bonds is 6. The van der Waals surface area contributed by atoms with E-state index in [1.54, 1.807) is 0 Å². The highest BCUT2D eigenvalue weighted by Crippen LogP contribution is 2.12. The van der Waals surface area contributed by atoms with E-state index in [1.165, 1.54) is 17.6 Å². The molecule has 0 N–H and O–H groups in total. The van der Waals surface area contributed by atoms with Gasteiger partial charge < -0.3 is 4.43 Å². The molecule has 94 valence electrons. The van der Waals surface area contributed by atoms with Gasteiger partial charge in [-0.25, -0.2) is 0 Å². The average Bonchev–Trinajstić information content (AvgIpc) is 2.27. The summed E-state index contributed by atoms with van der Waals surface area (Å²) in [7, 11) is -1.40. The molecule has 0 aliphatic rings. The van der Waals surface area contributed by atoms with E-state index in [-0.39, 0.29) is 0 Å². The first kappa shape index (κ1) is 14.0. The second kappa shape index (κ2) is 6.65. The Morgan fingerprint density at radius 1 is 1.18 bits per heavy atom. The van der Waals surface area contributed by atoms with Crippen LogP contribution in [-0.4, -0.2) is 8.32 Å². The van der Waals surface area contributed by atoms with Crippen molar-refractivity contribution in [1.82, 2.24) is 0 Å². The number of allylic oxidation sites excluding steroid dienone is 1. The number of hydrogen-bond donors (Lipinski definition) is 0. The van der Waals surface area contributed by atoms with Crippen LogP contribution in [0, 0.1) is 0 Å². The van der Waals surface area contributed by atoms with Crippen LogP contribution >= 0.6 is 0 Å². The van der Waals surface area contributed by atoms with Crippen LogP contribution < -0.4 is 0 Å². The summed E-state index contributed by atoms with van der Waals surface area (Å²) in [5, 5.41) is 0. The topological polar surface area (TPSA) is 9.23 Å². The van der Waals surface area contributed by atoms with E-state index in [1.807, 2.05) is 6.26 Å². The number of hydrogen-bond acceptors (Lipinski definition) is 1. The van der Waals surface area contributed by atoms with Crippen molar-refractivity contribution in [3.63, 3.8) is 0 Å². The molecule has 0 saturated carbocycles. The van der Waals surface area contributed by atoms with Crippen LogP contribution in [0.2, 0.25) is 19.6 Å². The molecule has 1 nitrogen and oxygen atoms in total. The summed E-state index contributed by atoms with van der Waals surface area (Å²) < 4.78 is 5.77. The van der Waals surface area contributed by atoms with Gasteiger partial charge in [0.15, 0.2) is 0 Å². The van der Waals surface area contributed by atoms with E-state index >= 15 is 0 Å². The summed E-state index contributed by atoms with van der Waals surface area (Å²) in [6, 6.07) is 10.7. The summed E-state index contributed by atoms with van der Waals surface area (Å²) in [6.45, 7) is 8.79. The predicted molar refractivity (Wildman–Crippen MR) is 77.6 cm³/mol. The van der Waals surface area contributed by atoms with Crippen LogP contribution in [0.4, 0.5) is 0 Å². The van der Waals surface area contributed by atoms with E-state index < -0.39 is 8.32 Å². The molecule has 1 aromatic carbocycles. The number of benzene rings is 1. The van der Waals surface area contributed by atoms with E-state index in [4.69, 9.17) is 4.43 Å². The minimum Gasteiger partial charge on any atom is -0.550 e. The Bertz CT molecular complexity index is 349. The second-order valence-corrected chi connectivity index (χ2v) is 9.99. The minimum absolute atomic E-state index is 1.12. The molecule has 0 bridgehead atoms. The van der Waals surface area contributed by atoms with Crippen molar-refractivity contribution >= 4 is 8.32 Å². The minimum atomic E-state index is -1.40. The molecule has 0 spiro atoms. The molecule has 0 atom stereocenters. The van der Waals surface area contributed by atoms with Crippen LogP contribution in [-0.2, 0) is 10.8 Å².